The van der Waals surface area contributed by atoms with Crippen molar-refractivity contribution in [3.05, 3.63) is 12.2 Å². The number of ether oxygens (including phenoxy) is 1. The number of likely N-dealkylation sites (N-methyl/N-ethyl adjacent to an activating group) is 1. The third-order valence-corrected chi connectivity index (χ3v) is 1.25. The van der Waals surface area contributed by atoms with Crippen LogP contribution in [0.3, 0.4) is 0 Å². The maximum atomic E-state index is 5.36. The number of halogens is 1. The molecule has 0 saturated heterocycles. The van der Waals surface area contributed by atoms with E-state index in [-0.39, 0.29) is 24.0 Å². The van der Waals surface area contributed by atoms with Crippen LogP contribution in [-0.2, 0) is 4.74 Å². The van der Waals surface area contributed by atoms with Gasteiger partial charge in [-0.15, -0.1) is 0 Å². The topological polar surface area (TPSA) is 9.23 Å². The predicted octanol–water partition coefficient (Wildman–Crippen LogP) is -1.71. The largest absolute Gasteiger partial charge is 1.00 e. The molecular weight excluding hydrogens is 265 g/mol. The SMILES string of the molecule is C=C(C)COCC[N+](C)(C)C.[I-]. The highest BCUT2D eigenvalue weighted by Crippen LogP contribution is 1.92. The van der Waals surface area contributed by atoms with Gasteiger partial charge in [-0.1, -0.05) is 12.2 Å². The van der Waals surface area contributed by atoms with Gasteiger partial charge in [-0.05, 0) is 6.92 Å². The van der Waals surface area contributed by atoms with Gasteiger partial charge in [-0.25, -0.2) is 0 Å². The molecule has 0 aliphatic rings. The second-order valence-electron chi connectivity index (χ2n) is 4.02. The highest BCUT2D eigenvalue weighted by molar-refractivity contribution is 4.87. The van der Waals surface area contributed by atoms with Gasteiger partial charge in [0.05, 0.1) is 34.4 Å². The molecule has 0 radical (unpaired) electrons. The Morgan fingerprint density at radius 2 is 1.83 bits per heavy atom. The molecule has 0 bridgehead atoms. The van der Waals surface area contributed by atoms with Crippen molar-refractivity contribution in [2.45, 2.75) is 6.92 Å². The van der Waals surface area contributed by atoms with Gasteiger partial charge in [0.15, 0.2) is 0 Å². The van der Waals surface area contributed by atoms with Crippen LogP contribution in [0, 0.1) is 0 Å². The zero-order chi connectivity index (χ0) is 8.91. The fourth-order valence-corrected chi connectivity index (χ4v) is 0.585. The van der Waals surface area contributed by atoms with Crippen molar-refractivity contribution in [3.8, 4) is 0 Å². The van der Waals surface area contributed by atoms with E-state index in [4.69, 9.17) is 4.74 Å². The monoisotopic (exact) mass is 285 g/mol. The molecule has 2 nitrogen and oxygen atoms in total. The van der Waals surface area contributed by atoms with Crippen LogP contribution in [0.4, 0.5) is 0 Å². The fraction of sp³-hybridized carbons (Fsp3) is 0.778. The highest BCUT2D eigenvalue weighted by atomic mass is 127. The molecule has 74 valence electrons. The maximum absolute atomic E-state index is 5.36. The number of rotatable bonds is 5. The minimum Gasteiger partial charge on any atom is -1.00 e. The summed E-state index contributed by atoms with van der Waals surface area (Å²) in [4.78, 5) is 0. The predicted molar refractivity (Wildman–Crippen MR) is 48.5 cm³/mol. The third-order valence-electron chi connectivity index (χ3n) is 1.25. The molecule has 0 rings (SSSR count). The minimum atomic E-state index is 0. The van der Waals surface area contributed by atoms with Crippen LogP contribution < -0.4 is 24.0 Å². The average molecular weight is 285 g/mol. The molecule has 0 amide bonds. The zero-order valence-corrected chi connectivity index (χ0v) is 10.7. The standard InChI is InChI=1S/C9H20NO.HI/c1-9(2)8-11-7-6-10(3,4)5;/h1,6-8H2,2-5H3;1H/q+1;/p-1. The Morgan fingerprint density at radius 3 is 2.17 bits per heavy atom. The Bertz CT molecular complexity index is 129. The van der Waals surface area contributed by atoms with Gasteiger partial charge in [0.2, 0.25) is 0 Å². The van der Waals surface area contributed by atoms with Crippen LogP contribution in [0.25, 0.3) is 0 Å². The molecular formula is C9H20INO. The van der Waals surface area contributed by atoms with E-state index in [1.807, 2.05) is 6.92 Å². The van der Waals surface area contributed by atoms with Crippen molar-refractivity contribution < 1.29 is 33.2 Å². The second kappa shape index (κ2) is 6.86. The minimum absolute atomic E-state index is 0. The Balaban J connectivity index is 0. The number of nitrogens with zero attached hydrogens (tertiary/aromatic N) is 1. The van der Waals surface area contributed by atoms with Crippen molar-refractivity contribution in [2.24, 2.45) is 0 Å². The lowest BCUT2D eigenvalue weighted by molar-refractivity contribution is -0.870. The summed E-state index contributed by atoms with van der Waals surface area (Å²) in [6.45, 7) is 8.30. The second-order valence-corrected chi connectivity index (χ2v) is 4.02. The molecule has 0 N–H and O–H groups in total. The molecule has 0 saturated carbocycles. The Labute approximate surface area is 93.2 Å². The first kappa shape index (κ1) is 14.9. The number of hydrogen-bond acceptors (Lipinski definition) is 1. The zero-order valence-electron chi connectivity index (χ0n) is 8.56. The first-order valence-electron chi connectivity index (χ1n) is 3.94. The first-order valence-corrected chi connectivity index (χ1v) is 3.94. The molecule has 0 fully saturated rings. The third kappa shape index (κ3) is 13.0. The summed E-state index contributed by atoms with van der Waals surface area (Å²) in [5, 5.41) is 0. The molecule has 0 atom stereocenters. The van der Waals surface area contributed by atoms with Gasteiger partial charge in [-0.3, -0.25) is 0 Å². The maximum Gasteiger partial charge on any atom is 0.102 e. The van der Waals surface area contributed by atoms with E-state index in [2.05, 4.69) is 27.7 Å². The molecule has 0 aromatic heterocycles. The lowest BCUT2D eigenvalue weighted by atomic mass is 10.4. The van der Waals surface area contributed by atoms with Crippen LogP contribution in [0.15, 0.2) is 12.2 Å². The quantitative estimate of drug-likeness (QED) is 0.253. The summed E-state index contributed by atoms with van der Waals surface area (Å²) in [7, 11) is 6.47. The number of quaternary nitrogens is 1. The van der Waals surface area contributed by atoms with E-state index in [0.29, 0.717) is 6.61 Å². The molecule has 0 heterocycles. The van der Waals surface area contributed by atoms with Gasteiger partial charge in [0, 0.05) is 0 Å². The Morgan fingerprint density at radius 1 is 1.33 bits per heavy atom. The van der Waals surface area contributed by atoms with Gasteiger partial charge >= 0.3 is 0 Å². The lowest BCUT2D eigenvalue weighted by Crippen LogP contribution is -3.00. The van der Waals surface area contributed by atoms with Gasteiger partial charge in [0.1, 0.15) is 6.54 Å². The average Bonchev–Trinajstić information content (AvgIpc) is 1.78. The summed E-state index contributed by atoms with van der Waals surface area (Å²) in [5.74, 6) is 0. The summed E-state index contributed by atoms with van der Waals surface area (Å²) in [6.07, 6.45) is 0. The van der Waals surface area contributed by atoms with Crippen molar-refractivity contribution in [2.75, 3.05) is 40.9 Å². The molecule has 0 aliphatic carbocycles. The Hall–Kier alpha value is 0.390. The van der Waals surface area contributed by atoms with Crippen LogP contribution in [0.5, 0.6) is 0 Å². The van der Waals surface area contributed by atoms with Crippen molar-refractivity contribution in [1.82, 2.24) is 0 Å². The summed E-state index contributed by atoms with van der Waals surface area (Å²) in [5.41, 5.74) is 1.09. The van der Waals surface area contributed by atoms with Gasteiger partial charge < -0.3 is 33.2 Å². The lowest BCUT2D eigenvalue weighted by Gasteiger charge is -2.23. The highest BCUT2D eigenvalue weighted by Gasteiger charge is 2.04. The summed E-state index contributed by atoms with van der Waals surface area (Å²) >= 11 is 0. The summed E-state index contributed by atoms with van der Waals surface area (Å²) in [6, 6.07) is 0. The Kier molecular flexibility index (Phi) is 8.51. The van der Waals surface area contributed by atoms with Crippen LogP contribution in [-0.4, -0.2) is 45.4 Å². The van der Waals surface area contributed by atoms with Crippen LogP contribution >= 0.6 is 0 Å². The van der Waals surface area contributed by atoms with E-state index in [1.165, 1.54) is 0 Å². The van der Waals surface area contributed by atoms with Gasteiger partial charge in [-0.2, -0.15) is 0 Å². The molecule has 0 aliphatic heterocycles. The van der Waals surface area contributed by atoms with E-state index < -0.39 is 0 Å². The summed E-state index contributed by atoms with van der Waals surface area (Å²) < 4.78 is 6.31. The molecule has 0 unspecified atom stereocenters. The molecule has 0 aromatic rings. The van der Waals surface area contributed by atoms with Crippen LogP contribution in [0.2, 0.25) is 0 Å². The smallest absolute Gasteiger partial charge is 0.102 e. The van der Waals surface area contributed by atoms with Crippen molar-refractivity contribution in [3.63, 3.8) is 0 Å². The van der Waals surface area contributed by atoms with E-state index >= 15 is 0 Å². The number of hydrogen-bond donors (Lipinski definition) is 0. The van der Waals surface area contributed by atoms with Crippen molar-refractivity contribution in [1.29, 1.82) is 0 Å². The molecule has 0 spiro atoms. The van der Waals surface area contributed by atoms with E-state index in [0.717, 1.165) is 23.2 Å². The van der Waals surface area contributed by atoms with E-state index in [9.17, 15) is 0 Å². The molecule has 0 aromatic carbocycles. The molecule has 12 heavy (non-hydrogen) atoms. The molecule has 3 heteroatoms. The first-order chi connectivity index (χ1) is 4.92. The van der Waals surface area contributed by atoms with E-state index in [1.54, 1.807) is 0 Å². The van der Waals surface area contributed by atoms with Crippen molar-refractivity contribution >= 4 is 0 Å². The van der Waals surface area contributed by atoms with Crippen LogP contribution in [0.1, 0.15) is 6.92 Å². The van der Waals surface area contributed by atoms with Gasteiger partial charge in [0.25, 0.3) is 0 Å². The normalized spacial score (nSPS) is 10.7. The fourth-order valence-electron chi connectivity index (χ4n) is 0.585.